The lowest BCUT2D eigenvalue weighted by atomic mass is 10.0. The van der Waals surface area contributed by atoms with Crippen molar-refractivity contribution in [2.45, 2.75) is 18.7 Å². The van der Waals surface area contributed by atoms with E-state index in [2.05, 4.69) is 17.4 Å². The summed E-state index contributed by atoms with van der Waals surface area (Å²) in [5.41, 5.74) is 8.90. The normalized spacial score (nSPS) is 11.8. The predicted molar refractivity (Wildman–Crippen MR) is 101 cm³/mol. The molecule has 0 saturated carbocycles. The van der Waals surface area contributed by atoms with E-state index in [1.165, 1.54) is 5.56 Å². The average Bonchev–Trinajstić information content (AvgIpc) is 2.62. The topological polar surface area (TPSA) is 92.4 Å². The van der Waals surface area contributed by atoms with E-state index in [-0.39, 0.29) is 12.5 Å². The molecular formula is C19H22N2O3S. The van der Waals surface area contributed by atoms with Crippen molar-refractivity contribution in [3.63, 3.8) is 0 Å². The van der Waals surface area contributed by atoms with Gasteiger partial charge < -0.3 is 16.2 Å². The number of hydrogen-bond acceptors (Lipinski definition) is 4. The molecule has 132 valence electrons. The van der Waals surface area contributed by atoms with Gasteiger partial charge in [0.15, 0.2) is 0 Å². The highest BCUT2D eigenvalue weighted by Gasteiger charge is 2.13. The van der Waals surface area contributed by atoms with Crippen molar-refractivity contribution >= 4 is 23.6 Å². The summed E-state index contributed by atoms with van der Waals surface area (Å²) in [6.45, 7) is 1.75. The number of rotatable bonds is 8. The fourth-order valence-corrected chi connectivity index (χ4v) is 2.91. The highest BCUT2D eigenvalue weighted by Crippen LogP contribution is 2.22. The van der Waals surface area contributed by atoms with Gasteiger partial charge in [-0.2, -0.15) is 11.8 Å². The molecule has 5 nitrogen and oxygen atoms in total. The fraction of sp³-hybridized carbons (Fsp3) is 0.263. The summed E-state index contributed by atoms with van der Waals surface area (Å²) < 4.78 is 0. The maximum Gasteiger partial charge on any atom is 0.251 e. The molecule has 6 heteroatoms. The van der Waals surface area contributed by atoms with E-state index in [0.29, 0.717) is 5.56 Å². The zero-order valence-corrected chi connectivity index (χ0v) is 14.9. The molecule has 0 aliphatic rings. The van der Waals surface area contributed by atoms with Crippen LogP contribution >= 0.6 is 11.8 Å². The number of carbonyl (C=O) groups excluding carboxylic acids is 2. The van der Waals surface area contributed by atoms with Crippen LogP contribution in [0.3, 0.4) is 0 Å². The number of primary amides is 1. The monoisotopic (exact) mass is 358 g/mol. The Hall–Kier alpha value is -2.31. The molecule has 0 spiro atoms. The highest BCUT2D eigenvalue weighted by atomic mass is 32.2. The van der Waals surface area contributed by atoms with Crippen molar-refractivity contribution in [3.05, 3.63) is 59.7 Å². The van der Waals surface area contributed by atoms with Gasteiger partial charge in [-0.05, 0) is 35.7 Å². The van der Waals surface area contributed by atoms with E-state index in [0.717, 1.165) is 22.6 Å². The number of nitrogens with one attached hydrogen (secondary N) is 1. The number of hydrogen-bond donors (Lipinski definition) is 3. The zero-order chi connectivity index (χ0) is 18.2. The van der Waals surface area contributed by atoms with Crippen LogP contribution in [0.4, 0.5) is 0 Å². The lowest BCUT2D eigenvalue weighted by molar-refractivity contribution is -0.119. The lowest BCUT2D eigenvalue weighted by Gasteiger charge is -2.10. The first-order valence-electron chi connectivity index (χ1n) is 7.99. The number of benzene rings is 2. The third-order valence-corrected chi connectivity index (χ3v) is 4.72. The number of amides is 2. The van der Waals surface area contributed by atoms with E-state index < -0.39 is 11.9 Å². The van der Waals surface area contributed by atoms with Gasteiger partial charge in [0.25, 0.3) is 5.91 Å². The van der Waals surface area contributed by atoms with Crippen molar-refractivity contribution in [3.8, 4) is 11.1 Å². The van der Waals surface area contributed by atoms with Gasteiger partial charge in [0.1, 0.15) is 6.04 Å². The molecular weight excluding hydrogens is 336 g/mol. The van der Waals surface area contributed by atoms with E-state index in [9.17, 15) is 9.59 Å². The molecule has 0 aliphatic heterocycles. The van der Waals surface area contributed by atoms with Gasteiger partial charge >= 0.3 is 0 Å². The minimum Gasteiger partial charge on any atom is -0.396 e. The van der Waals surface area contributed by atoms with Crippen LogP contribution in [0.5, 0.6) is 0 Å². The van der Waals surface area contributed by atoms with Gasteiger partial charge in [0.2, 0.25) is 5.91 Å². The minimum atomic E-state index is -0.705. The van der Waals surface area contributed by atoms with Crippen LogP contribution in [0.1, 0.15) is 22.8 Å². The fourth-order valence-electron chi connectivity index (χ4n) is 2.21. The number of thioether (sulfide) groups is 1. The van der Waals surface area contributed by atoms with Gasteiger partial charge in [0.05, 0.1) is 6.61 Å². The number of aliphatic hydroxyl groups excluding tert-OH is 1. The molecule has 1 atom stereocenters. The first kappa shape index (κ1) is 19.0. The van der Waals surface area contributed by atoms with Crippen LogP contribution in [0, 0.1) is 0 Å². The first-order chi connectivity index (χ1) is 12.0. The third kappa shape index (κ3) is 5.62. The summed E-state index contributed by atoms with van der Waals surface area (Å²) in [5.74, 6) is 0.716. The van der Waals surface area contributed by atoms with Crippen LogP contribution in [0.25, 0.3) is 11.1 Å². The first-order valence-corrected chi connectivity index (χ1v) is 9.15. The van der Waals surface area contributed by atoms with Crippen molar-refractivity contribution < 1.29 is 14.7 Å². The largest absolute Gasteiger partial charge is 0.396 e. The molecule has 0 heterocycles. The SMILES string of the molecule is C[C@H](NC(=O)c1ccc(-c2ccc(CSCCO)cc2)cc1)C(N)=O. The van der Waals surface area contributed by atoms with Crippen molar-refractivity contribution in [2.24, 2.45) is 5.73 Å². The molecule has 2 amide bonds. The summed E-state index contributed by atoms with van der Waals surface area (Å²) in [6, 6.07) is 14.7. The predicted octanol–water partition coefficient (Wildman–Crippen LogP) is 2.18. The Morgan fingerprint density at radius 1 is 1.08 bits per heavy atom. The van der Waals surface area contributed by atoms with Gasteiger partial charge in [-0.1, -0.05) is 36.4 Å². The second kappa shape index (κ2) is 9.25. The number of nitrogens with two attached hydrogens (primary N) is 1. The van der Waals surface area contributed by atoms with Gasteiger partial charge in [-0.25, -0.2) is 0 Å². The van der Waals surface area contributed by atoms with Gasteiger partial charge in [0, 0.05) is 17.1 Å². The second-order valence-corrected chi connectivity index (χ2v) is 6.75. The molecule has 4 N–H and O–H groups in total. The summed E-state index contributed by atoms with van der Waals surface area (Å²) in [5, 5.41) is 11.4. The van der Waals surface area contributed by atoms with Gasteiger partial charge in [-0.15, -0.1) is 0 Å². The standard InChI is InChI=1S/C19H22N2O3S/c1-13(18(20)23)21-19(24)17-8-6-16(7-9-17)15-4-2-14(3-5-15)12-25-11-10-22/h2-9,13,22H,10-12H2,1H3,(H2,20,23)(H,21,24)/t13-/m0/s1. The average molecular weight is 358 g/mol. The summed E-state index contributed by atoms with van der Waals surface area (Å²) in [4.78, 5) is 23.0. The Labute approximate surface area is 151 Å². The molecule has 2 rings (SSSR count). The molecule has 0 aromatic heterocycles. The quantitative estimate of drug-likeness (QED) is 0.631. The smallest absolute Gasteiger partial charge is 0.251 e. The van der Waals surface area contributed by atoms with Crippen LogP contribution < -0.4 is 11.1 Å². The molecule has 25 heavy (non-hydrogen) atoms. The molecule has 0 radical (unpaired) electrons. The summed E-state index contributed by atoms with van der Waals surface area (Å²) in [6.07, 6.45) is 0. The van der Waals surface area contributed by atoms with E-state index >= 15 is 0 Å². The Kier molecular flexibility index (Phi) is 7.03. The highest BCUT2D eigenvalue weighted by molar-refractivity contribution is 7.98. The van der Waals surface area contributed by atoms with Gasteiger partial charge in [-0.3, -0.25) is 9.59 Å². The number of carbonyl (C=O) groups is 2. The molecule has 2 aromatic rings. The summed E-state index contributed by atoms with van der Waals surface area (Å²) >= 11 is 1.69. The van der Waals surface area contributed by atoms with Crippen LogP contribution in [-0.4, -0.2) is 35.3 Å². The van der Waals surface area contributed by atoms with E-state index in [1.54, 1.807) is 30.8 Å². The Morgan fingerprint density at radius 3 is 2.16 bits per heavy atom. The second-order valence-electron chi connectivity index (χ2n) is 5.65. The van der Waals surface area contributed by atoms with Crippen molar-refractivity contribution in [1.82, 2.24) is 5.32 Å². The Morgan fingerprint density at radius 2 is 1.64 bits per heavy atom. The Bertz CT molecular complexity index is 714. The zero-order valence-electron chi connectivity index (χ0n) is 14.1. The number of aliphatic hydroxyl groups is 1. The maximum atomic E-state index is 12.0. The minimum absolute atomic E-state index is 0.195. The molecule has 2 aromatic carbocycles. The van der Waals surface area contributed by atoms with E-state index in [4.69, 9.17) is 10.8 Å². The van der Waals surface area contributed by atoms with E-state index in [1.807, 2.05) is 24.3 Å². The van der Waals surface area contributed by atoms with Crippen LogP contribution in [0.15, 0.2) is 48.5 Å². The maximum absolute atomic E-state index is 12.0. The molecule has 0 unspecified atom stereocenters. The Balaban J connectivity index is 2.01. The van der Waals surface area contributed by atoms with Crippen molar-refractivity contribution in [2.75, 3.05) is 12.4 Å². The molecule has 0 bridgehead atoms. The molecule has 0 fully saturated rings. The van der Waals surface area contributed by atoms with Crippen LogP contribution in [-0.2, 0) is 10.5 Å². The third-order valence-electron chi connectivity index (χ3n) is 3.71. The van der Waals surface area contributed by atoms with Crippen LogP contribution in [0.2, 0.25) is 0 Å². The molecule has 0 saturated heterocycles. The van der Waals surface area contributed by atoms with Crippen molar-refractivity contribution in [1.29, 1.82) is 0 Å². The lowest BCUT2D eigenvalue weighted by Crippen LogP contribution is -2.42. The summed E-state index contributed by atoms with van der Waals surface area (Å²) in [7, 11) is 0. The molecule has 0 aliphatic carbocycles.